The Morgan fingerprint density at radius 3 is 2.76 bits per heavy atom. The quantitative estimate of drug-likeness (QED) is 0.911. The molecule has 0 aliphatic carbocycles. The highest BCUT2D eigenvalue weighted by Crippen LogP contribution is 2.38. The Hall–Kier alpha value is -1.52. The van der Waals surface area contributed by atoms with Crippen LogP contribution in [0, 0.1) is 6.92 Å². The summed E-state index contributed by atoms with van der Waals surface area (Å²) in [5.41, 5.74) is 3.82. The summed E-state index contributed by atoms with van der Waals surface area (Å²) in [6, 6.07) is 12.6. The van der Waals surface area contributed by atoms with Crippen molar-refractivity contribution in [1.29, 1.82) is 0 Å². The molecule has 0 saturated carbocycles. The summed E-state index contributed by atoms with van der Waals surface area (Å²) in [5.74, 6) is 1.63. The highest BCUT2D eigenvalue weighted by Gasteiger charge is 2.16. The lowest BCUT2D eigenvalue weighted by molar-refractivity contribution is 0.170. The van der Waals surface area contributed by atoms with Crippen LogP contribution in [0.15, 0.2) is 40.9 Å². The Bertz CT molecular complexity index is 643. The highest BCUT2D eigenvalue weighted by atomic mass is 79.9. The lowest BCUT2D eigenvalue weighted by Crippen LogP contribution is -2.17. The van der Waals surface area contributed by atoms with Crippen LogP contribution < -0.4 is 14.8 Å². The van der Waals surface area contributed by atoms with Gasteiger partial charge >= 0.3 is 0 Å². The van der Waals surface area contributed by atoms with E-state index < -0.39 is 0 Å². The Kier molecular flexibility index (Phi) is 4.46. The van der Waals surface area contributed by atoms with Gasteiger partial charge in [0, 0.05) is 13.1 Å². The second-order valence-electron chi connectivity index (χ2n) is 5.13. The van der Waals surface area contributed by atoms with Gasteiger partial charge in [0.25, 0.3) is 0 Å². The maximum Gasteiger partial charge on any atom is 0.175 e. The van der Waals surface area contributed by atoms with E-state index in [-0.39, 0.29) is 0 Å². The zero-order chi connectivity index (χ0) is 14.7. The molecule has 3 nitrogen and oxygen atoms in total. The SMILES string of the molecule is Cc1ccccc1CNCc1cc(Br)c2c(c1)OCCO2. The molecule has 1 N–H and O–H groups in total. The Morgan fingerprint density at radius 2 is 1.90 bits per heavy atom. The average molecular weight is 348 g/mol. The van der Waals surface area contributed by atoms with Gasteiger partial charge in [0.15, 0.2) is 11.5 Å². The molecule has 4 heteroatoms. The molecule has 0 saturated heterocycles. The van der Waals surface area contributed by atoms with Crippen LogP contribution in [0.2, 0.25) is 0 Å². The topological polar surface area (TPSA) is 30.5 Å². The molecule has 0 unspecified atom stereocenters. The molecule has 0 atom stereocenters. The van der Waals surface area contributed by atoms with Gasteiger partial charge in [-0.15, -0.1) is 0 Å². The first-order valence-electron chi connectivity index (χ1n) is 7.07. The zero-order valence-corrected chi connectivity index (χ0v) is 13.6. The molecule has 0 fully saturated rings. The van der Waals surface area contributed by atoms with Gasteiger partial charge in [0.1, 0.15) is 13.2 Å². The standard InChI is InChI=1S/C17H18BrNO2/c1-12-4-2-3-5-14(12)11-19-10-13-8-15(18)17-16(9-13)20-6-7-21-17/h2-5,8-9,19H,6-7,10-11H2,1H3. The van der Waals surface area contributed by atoms with Crippen LogP contribution >= 0.6 is 15.9 Å². The molecule has 1 aliphatic heterocycles. The molecule has 3 rings (SSSR count). The molecule has 0 bridgehead atoms. The Balaban J connectivity index is 1.66. The summed E-state index contributed by atoms with van der Waals surface area (Å²) in [6.07, 6.45) is 0. The number of aryl methyl sites for hydroxylation is 1. The molecule has 0 spiro atoms. The van der Waals surface area contributed by atoms with Crippen LogP contribution in [0.1, 0.15) is 16.7 Å². The lowest BCUT2D eigenvalue weighted by atomic mass is 10.1. The molecular weight excluding hydrogens is 330 g/mol. The fourth-order valence-electron chi connectivity index (χ4n) is 2.42. The van der Waals surface area contributed by atoms with E-state index in [2.05, 4.69) is 58.5 Å². The molecule has 0 aromatic heterocycles. The third-order valence-electron chi connectivity index (χ3n) is 3.56. The van der Waals surface area contributed by atoms with Crippen LogP contribution in [0.5, 0.6) is 11.5 Å². The van der Waals surface area contributed by atoms with Gasteiger partial charge in [-0.05, 0) is 51.7 Å². The summed E-state index contributed by atoms with van der Waals surface area (Å²) in [4.78, 5) is 0. The Labute approximate surface area is 133 Å². The smallest absolute Gasteiger partial charge is 0.175 e. The minimum absolute atomic E-state index is 0.608. The fraction of sp³-hybridized carbons (Fsp3) is 0.294. The normalized spacial score (nSPS) is 13.2. The van der Waals surface area contributed by atoms with Gasteiger partial charge in [-0.1, -0.05) is 24.3 Å². The van der Waals surface area contributed by atoms with E-state index in [0.717, 1.165) is 29.1 Å². The third-order valence-corrected chi connectivity index (χ3v) is 4.15. The maximum absolute atomic E-state index is 5.65. The third kappa shape index (κ3) is 3.39. The minimum atomic E-state index is 0.608. The summed E-state index contributed by atoms with van der Waals surface area (Å²) >= 11 is 3.55. The van der Waals surface area contributed by atoms with E-state index in [4.69, 9.17) is 9.47 Å². The van der Waals surface area contributed by atoms with Crippen molar-refractivity contribution >= 4 is 15.9 Å². The number of fused-ring (bicyclic) bond motifs is 1. The van der Waals surface area contributed by atoms with Crippen LogP contribution in [0.4, 0.5) is 0 Å². The fourth-order valence-corrected chi connectivity index (χ4v) is 3.02. The van der Waals surface area contributed by atoms with E-state index in [1.807, 2.05) is 6.07 Å². The first kappa shape index (κ1) is 14.4. The van der Waals surface area contributed by atoms with Gasteiger partial charge in [-0.3, -0.25) is 0 Å². The summed E-state index contributed by atoms with van der Waals surface area (Å²) in [6.45, 7) is 5.01. The number of hydrogen-bond donors (Lipinski definition) is 1. The molecule has 110 valence electrons. The van der Waals surface area contributed by atoms with E-state index in [0.29, 0.717) is 13.2 Å². The molecule has 21 heavy (non-hydrogen) atoms. The zero-order valence-electron chi connectivity index (χ0n) is 12.0. The van der Waals surface area contributed by atoms with Gasteiger partial charge in [0.2, 0.25) is 0 Å². The number of halogens is 1. The predicted octanol–water partition coefficient (Wildman–Crippen LogP) is 3.82. The minimum Gasteiger partial charge on any atom is -0.486 e. The maximum atomic E-state index is 5.65. The molecule has 0 amide bonds. The Morgan fingerprint density at radius 1 is 1.10 bits per heavy atom. The number of hydrogen-bond acceptors (Lipinski definition) is 3. The van der Waals surface area contributed by atoms with E-state index in [1.165, 1.54) is 16.7 Å². The van der Waals surface area contributed by atoms with Crippen molar-refractivity contribution in [1.82, 2.24) is 5.32 Å². The van der Waals surface area contributed by atoms with Crippen molar-refractivity contribution in [2.45, 2.75) is 20.0 Å². The predicted molar refractivity (Wildman–Crippen MR) is 86.9 cm³/mol. The van der Waals surface area contributed by atoms with Gasteiger partial charge in [0.05, 0.1) is 4.47 Å². The van der Waals surface area contributed by atoms with E-state index in [1.54, 1.807) is 0 Å². The molecule has 2 aromatic rings. The number of rotatable bonds is 4. The molecule has 0 radical (unpaired) electrons. The summed E-state index contributed by atoms with van der Waals surface area (Å²) in [5, 5.41) is 3.48. The van der Waals surface area contributed by atoms with Crippen molar-refractivity contribution in [2.75, 3.05) is 13.2 Å². The monoisotopic (exact) mass is 347 g/mol. The second kappa shape index (κ2) is 6.50. The van der Waals surface area contributed by atoms with Crippen molar-refractivity contribution in [3.8, 4) is 11.5 Å². The molecular formula is C17H18BrNO2. The van der Waals surface area contributed by atoms with Crippen molar-refractivity contribution < 1.29 is 9.47 Å². The largest absolute Gasteiger partial charge is 0.486 e. The lowest BCUT2D eigenvalue weighted by Gasteiger charge is -2.20. The van der Waals surface area contributed by atoms with Gasteiger partial charge in [-0.25, -0.2) is 0 Å². The number of benzene rings is 2. The van der Waals surface area contributed by atoms with Crippen LogP contribution in [-0.2, 0) is 13.1 Å². The van der Waals surface area contributed by atoms with Crippen molar-refractivity contribution in [3.05, 3.63) is 57.6 Å². The summed E-state index contributed by atoms with van der Waals surface area (Å²) in [7, 11) is 0. The van der Waals surface area contributed by atoms with E-state index in [9.17, 15) is 0 Å². The second-order valence-corrected chi connectivity index (χ2v) is 5.99. The average Bonchev–Trinajstić information content (AvgIpc) is 2.49. The van der Waals surface area contributed by atoms with Gasteiger partial charge in [-0.2, -0.15) is 0 Å². The number of nitrogens with one attached hydrogen (secondary N) is 1. The summed E-state index contributed by atoms with van der Waals surface area (Å²) < 4.78 is 12.2. The van der Waals surface area contributed by atoms with Crippen molar-refractivity contribution in [2.24, 2.45) is 0 Å². The molecule has 1 heterocycles. The van der Waals surface area contributed by atoms with E-state index >= 15 is 0 Å². The van der Waals surface area contributed by atoms with Crippen molar-refractivity contribution in [3.63, 3.8) is 0 Å². The molecule has 2 aromatic carbocycles. The molecule has 1 aliphatic rings. The highest BCUT2D eigenvalue weighted by molar-refractivity contribution is 9.10. The first-order valence-corrected chi connectivity index (χ1v) is 7.86. The van der Waals surface area contributed by atoms with Crippen LogP contribution in [-0.4, -0.2) is 13.2 Å². The van der Waals surface area contributed by atoms with Crippen LogP contribution in [0.3, 0.4) is 0 Å². The first-order chi connectivity index (χ1) is 10.2. The van der Waals surface area contributed by atoms with Crippen LogP contribution in [0.25, 0.3) is 0 Å². The van der Waals surface area contributed by atoms with Gasteiger partial charge < -0.3 is 14.8 Å². The number of ether oxygens (including phenoxy) is 2.